The molecule has 0 amide bonds. The van der Waals surface area contributed by atoms with Crippen LogP contribution in [0.5, 0.6) is 0 Å². The number of halogens is 4. The molecule has 0 radical (unpaired) electrons. The van der Waals surface area contributed by atoms with E-state index in [1.165, 1.54) is 18.2 Å². The molecule has 0 heterocycles. The normalized spacial score (nSPS) is 12.4. The van der Waals surface area contributed by atoms with Gasteiger partial charge in [0, 0.05) is 10.6 Å². The van der Waals surface area contributed by atoms with Gasteiger partial charge in [0.2, 0.25) is 0 Å². The Bertz CT molecular complexity index is 518. The predicted molar refractivity (Wildman–Crippen MR) is 70.1 cm³/mol. The highest BCUT2D eigenvalue weighted by atomic mass is 35.5. The molecule has 0 spiro atoms. The average molecular weight is 287 g/mol. The highest BCUT2D eigenvalue weighted by Crippen LogP contribution is 2.29. The molecule has 1 unspecified atom stereocenters. The first-order valence-corrected chi connectivity index (χ1v) is 6.22. The van der Waals surface area contributed by atoms with Crippen LogP contribution in [0.25, 0.3) is 0 Å². The average Bonchev–Trinajstić information content (AvgIpc) is 2.32. The van der Waals surface area contributed by atoms with E-state index in [0.29, 0.717) is 11.4 Å². The van der Waals surface area contributed by atoms with E-state index in [2.05, 4.69) is 0 Å². The van der Waals surface area contributed by atoms with Crippen LogP contribution in [0.1, 0.15) is 16.5 Å². The monoisotopic (exact) mass is 286 g/mol. The summed E-state index contributed by atoms with van der Waals surface area (Å²) in [6.45, 7) is 0. The second-order valence-electron chi connectivity index (χ2n) is 3.93. The maximum Gasteiger partial charge on any atom is 0.130 e. The third-order valence-corrected chi connectivity index (χ3v) is 3.27. The Morgan fingerprint density at radius 3 is 2.06 bits per heavy atom. The summed E-state index contributed by atoms with van der Waals surface area (Å²) in [4.78, 5) is 0. The van der Waals surface area contributed by atoms with E-state index < -0.39 is 17.0 Å². The molecular formula is C14H10Cl2F2. The molecule has 0 aliphatic rings. The largest absolute Gasteiger partial charge is 0.207 e. The van der Waals surface area contributed by atoms with Gasteiger partial charge in [-0.3, -0.25) is 0 Å². The highest BCUT2D eigenvalue weighted by molar-refractivity contribution is 6.30. The smallest absolute Gasteiger partial charge is 0.130 e. The minimum atomic E-state index is -0.743. The zero-order valence-corrected chi connectivity index (χ0v) is 10.8. The second kappa shape index (κ2) is 5.68. The molecule has 0 N–H and O–H groups in total. The Morgan fingerprint density at radius 1 is 0.944 bits per heavy atom. The molecule has 2 aromatic carbocycles. The van der Waals surface area contributed by atoms with Crippen LogP contribution in [0.4, 0.5) is 8.78 Å². The summed E-state index contributed by atoms with van der Waals surface area (Å²) in [5, 5.41) is -0.130. The number of alkyl halides is 1. The fourth-order valence-corrected chi connectivity index (χ4v) is 2.25. The number of hydrogen-bond acceptors (Lipinski definition) is 0. The Morgan fingerprint density at radius 2 is 1.50 bits per heavy atom. The molecule has 4 heteroatoms. The van der Waals surface area contributed by atoms with E-state index in [1.54, 1.807) is 24.3 Å². The van der Waals surface area contributed by atoms with Crippen LogP contribution >= 0.6 is 23.2 Å². The van der Waals surface area contributed by atoms with Crippen LogP contribution in [0, 0.1) is 11.6 Å². The van der Waals surface area contributed by atoms with Crippen molar-refractivity contribution in [1.82, 2.24) is 0 Å². The van der Waals surface area contributed by atoms with Crippen molar-refractivity contribution in [2.45, 2.75) is 11.8 Å². The first-order chi connectivity index (χ1) is 8.58. The topological polar surface area (TPSA) is 0 Å². The van der Waals surface area contributed by atoms with E-state index in [4.69, 9.17) is 23.2 Å². The van der Waals surface area contributed by atoms with Gasteiger partial charge in [-0.1, -0.05) is 29.8 Å². The lowest BCUT2D eigenvalue weighted by atomic mass is 10.0. The van der Waals surface area contributed by atoms with E-state index in [1.807, 2.05) is 0 Å². The van der Waals surface area contributed by atoms with Crippen molar-refractivity contribution >= 4 is 23.2 Å². The standard InChI is InChI=1S/C14H10Cl2F2/c15-10-6-4-9(5-7-10)8-11(16)14-12(17)2-1-3-13(14)18/h1-7,11H,8H2. The van der Waals surface area contributed by atoms with Crippen molar-refractivity contribution in [2.75, 3.05) is 0 Å². The maximum atomic E-state index is 13.5. The molecule has 0 saturated heterocycles. The van der Waals surface area contributed by atoms with Gasteiger partial charge in [0.15, 0.2) is 0 Å². The van der Waals surface area contributed by atoms with Gasteiger partial charge < -0.3 is 0 Å². The Balaban J connectivity index is 2.22. The molecule has 0 aromatic heterocycles. The first kappa shape index (κ1) is 13.3. The molecule has 2 aromatic rings. The fourth-order valence-electron chi connectivity index (χ4n) is 1.74. The second-order valence-corrected chi connectivity index (χ2v) is 4.90. The van der Waals surface area contributed by atoms with Crippen LogP contribution in [0.2, 0.25) is 5.02 Å². The molecule has 0 saturated carbocycles. The number of rotatable bonds is 3. The Kier molecular flexibility index (Phi) is 4.20. The van der Waals surface area contributed by atoms with Crippen molar-refractivity contribution in [2.24, 2.45) is 0 Å². The lowest BCUT2D eigenvalue weighted by Crippen LogP contribution is -2.02. The Labute approximate surface area is 114 Å². The summed E-state index contributed by atoms with van der Waals surface area (Å²) >= 11 is 11.8. The molecule has 0 bridgehead atoms. The van der Waals surface area contributed by atoms with Crippen LogP contribution in [0.3, 0.4) is 0 Å². The van der Waals surface area contributed by atoms with Gasteiger partial charge in [0.05, 0.1) is 5.38 Å². The summed E-state index contributed by atoms with van der Waals surface area (Å²) in [6.07, 6.45) is 0.344. The molecule has 0 aliphatic heterocycles. The van der Waals surface area contributed by atoms with E-state index in [-0.39, 0.29) is 5.56 Å². The van der Waals surface area contributed by atoms with Gasteiger partial charge in [-0.25, -0.2) is 8.78 Å². The highest BCUT2D eigenvalue weighted by Gasteiger charge is 2.18. The molecular weight excluding hydrogens is 277 g/mol. The number of hydrogen-bond donors (Lipinski definition) is 0. The summed E-state index contributed by atoms with van der Waals surface area (Å²) in [7, 11) is 0. The van der Waals surface area contributed by atoms with Crippen molar-refractivity contribution in [3.05, 3.63) is 70.2 Å². The van der Waals surface area contributed by atoms with Crippen LogP contribution in [-0.4, -0.2) is 0 Å². The van der Waals surface area contributed by atoms with Gasteiger partial charge in [-0.2, -0.15) is 0 Å². The van der Waals surface area contributed by atoms with Gasteiger partial charge in [0.25, 0.3) is 0 Å². The van der Waals surface area contributed by atoms with Crippen LogP contribution in [-0.2, 0) is 6.42 Å². The summed E-state index contributed by atoms with van der Waals surface area (Å²) in [6, 6.07) is 10.7. The van der Waals surface area contributed by atoms with Gasteiger partial charge >= 0.3 is 0 Å². The lowest BCUT2D eigenvalue weighted by Gasteiger charge is -2.12. The first-order valence-electron chi connectivity index (χ1n) is 5.40. The van der Waals surface area contributed by atoms with Crippen LogP contribution in [0.15, 0.2) is 42.5 Å². The zero-order valence-electron chi connectivity index (χ0n) is 9.34. The molecule has 94 valence electrons. The third-order valence-electron chi connectivity index (χ3n) is 2.64. The van der Waals surface area contributed by atoms with Crippen molar-refractivity contribution in [1.29, 1.82) is 0 Å². The molecule has 18 heavy (non-hydrogen) atoms. The minimum Gasteiger partial charge on any atom is -0.207 e. The van der Waals surface area contributed by atoms with E-state index in [0.717, 1.165) is 5.56 Å². The van der Waals surface area contributed by atoms with Crippen molar-refractivity contribution in [3.8, 4) is 0 Å². The molecule has 0 aliphatic carbocycles. The predicted octanol–water partition coefficient (Wildman–Crippen LogP) is 5.14. The summed E-state index contributed by atoms with van der Waals surface area (Å²) < 4.78 is 27.0. The lowest BCUT2D eigenvalue weighted by molar-refractivity contribution is 0.551. The fraction of sp³-hybridized carbons (Fsp3) is 0.143. The van der Waals surface area contributed by atoms with Gasteiger partial charge in [0.1, 0.15) is 11.6 Å². The van der Waals surface area contributed by atoms with Crippen molar-refractivity contribution in [3.63, 3.8) is 0 Å². The Hall–Kier alpha value is -1.12. The minimum absolute atomic E-state index is 0.0888. The summed E-state index contributed by atoms with van der Waals surface area (Å²) in [5.41, 5.74) is 0.788. The quantitative estimate of drug-likeness (QED) is 0.685. The number of benzene rings is 2. The summed E-state index contributed by atoms with van der Waals surface area (Å²) in [5.74, 6) is -1.24. The SMILES string of the molecule is Fc1cccc(F)c1C(Cl)Cc1ccc(Cl)cc1. The van der Waals surface area contributed by atoms with Gasteiger partial charge in [-0.15, -0.1) is 11.6 Å². The van der Waals surface area contributed by atoms with Crippen LogP contribution < -0.4 is 0 Å². The van der Waals surface area contributed by atoms with E-state index in [9.17, 15) is 8.78 Å². The maximum absolute atomic E-state index is 13.5. The van der Waals surface area contributed by atoms with E-state index >= 15 is 0 Å². The third kappa shape index (κ3) is 3.01. The molecule has 2 rings (SSSR count). The van der Waals surface area contributed by atoms with Crippen molar-refractivity contribution < 1.29 is 8.78 Å². The molecule has 0 nitrogen and oxygen atoms in total. The zero-order chi connectivity index (χ0) is 13.1. The molecule has 1 atom stereocenters. The van der Waals surface area contributed by atoms with Gasteiger partial charge in [-0.05, 0) is 36.2 Å². The molecule has 0 fully saturated rings.